The van der Waals surface area contributed by atoms with Crippen molar-refractivity contribution in [3.8, 4) is 17.3 Å². The van der Waals surface area contributed by atoms with Crippen molar-refractivity contribution in [2.45, 2.75) is 50.1 Å². The van der Waals surface area contributed by atoms with E-state index in [2.05, 4.69) is 15.0 Å². The van der Waals surface area contributed by atoms with E-state index in [0.717, 1.165) is 13.8 Å². The molecule has 0 amide bonds. The fourth-order valence-corrected chi connectivity index (χ4v) is 3.85. The lowest BCUT2D eigenvalue weighted by molar-refractivity contribution is -0.168. The van der Waals surface area contributed by atoms with Gasteiger partial charge in [0.15, 0.2) is 5.65 Å². The van der Waals surface area contributed by atoms with Crippen molar-refractivity contribution in [3.05, 3.63) is 40.9 Å². The number of fused-ring (bicyclic) bond motifs is 1. The molecule has 0 radical (unpaired) electrons. The topological polar surface area (TPSA) is 121 Å². The number of aliphatic hydroxyl groups is 3. The SMILES string of the molecule is CC(C)(O)C(F)(F)c1ccc(-c2nc3nc(O[C@H]4COC(CO)[C@@H](O)C4)[nH]c3cc2Cl)cc1. The first-order valence-electron chi connectivity index (χ1n) is 10.3. The van der Waals surface area contributed by atoms with Crippen LogP contribution < -0.4 is 4.74 Å². The molecule has 3 atom stereocenters. The Morgan fingerprint density at radius 2 is 1.94 bits per heavy atom. The number of benzene rings is 1. The molecule has 1 aliphatic heterocycles. The zero-order valence-electron chi connectivity index (χ0n) is 17.9. The molecule has 33 heavy (non-hydrogen) atoms. The zero-order valence-corrected chi connectivity index (χ0v) is 18.7. The van der Waals surface area contributed by atoms with Gasteiger partial charge in [-0.15, -0.1) is 0 Å². The highest BCUT2D eigenvalue weighted by Crippen LogP contribution is 2.39. The largest absolute Gasteiger partial charge is 0.459 e. The molecule has 4 N–H and O–H groups in total. The first-order valence-corrected chi connectivity index (χ1v) is 10.7. The van der Waals surface area contributed by atoms with Crippen molar-refractivity contribution in [2.24, 2.45) is 0 Å². The Bertz CT molecular complexity index is 1130. The number of alkyl halides is 2. The highest BCUT2D eigenvalue weighted by Gasteiger charge is 2.46. The smallest absolute Gasteiger partial charge is 0.300 e. The molecule has 1 fully saturated rings. The average Bonchev–Trinajstić information content (AvgIpc) is 3.13. The number of halogens is 3. The van der Waals surface area contributed by atoms with Crippen LogP contribution in [-0.4, -0.2) is 67.4 Å². The van der Waals surface area contributed by atoms with Crippen LogP contribution in [-0.2, 0) is 10.7 Å². The van der Waals surface area contributed by atoms with E-state index in [1.165, 1.54) is 24.3 Å². The summed E-state index contributed by atoms with van der Waals surface area (Å²) in [6.07, 6.45) is -1.70. The molecule has 178 valence electrons. The van der Waals surface area contributed by atoms with Gasteiger partial charge in [-0.2, -0.15) is 13.8 Å². The van der Waals surface area contributed by atoms with Crippen LogP contribution in [0.25, 0.3) is 22.4 Å². The van der Waals surface area contributed by atoms with Crippen LogP contribution in [0.3, 0.4) is 0 Å². The fourth-order valence-electron chi connectivity index (χ4n) is 3.59. The van der Waals surface area contributed by atoms with Crippen LogP contribution in [0.4, 0.5) is 8.78 Å². The number of ether oxygens (including phenoxy) is 2. The predicted octanol–water partition coefficient (Wildman–Crippen LogP) is 3.03. The molecule has 3 aromatic rings. The van der Waals surface area contributed by atoms with Gasteiger partial charge >= 0.3 is 5.92 Å². The highest BCUT2D eigenvalue weighted by atomic mass is 35.5. The van der Waals surface area contributed by atoms with Gasteiger partial charge < -0.3 is 29.8 Å². The third kappa shape index (κ3) is 4.67. The Hall–Kier alpha value is -2.37. The number of pyridine rings is 1. The summed E-state index contributed by atoms with van der Waals surface area (Å²) in [5, 5.41) is 29.2. The Kier molecular flexibility index (Phi) is 6.32. The number of nitrogens with zero attached hydrogens (tertiary/aromatic N) is 2. The molecule has 1 unspecified atom stereocenters. The summed E-state index contributed by atoms with van der Waals surface area (Å²) in [5.74, 6) is -3.44. The van der Waals surface area contributed by atoms with Gasteiger partial charge in [-0.3, -0.25) is 0 Å². The maximum Gasteiger partial charge on any atom is 0.300 e. The Balaban J connectivity index is 1.56. The maximum absolute atomic E-state index is 14.4. The van der Waals surface area contributed by atoms with E-state index in [-0.39, 0.29) is 36.2 Å². The molecule has 11 heteroatoms. The zero-order chi connectivity index (χ0) is 24.0. The molecule has 1 saturated heterocycles. The van der Waals surface area contributed by atoms with Gasteiger partial charge in [0.1, 0.15) is 17.8 Å². The van der Waals surface area contributed by atoms with E-state index in [4.69, 9.17) is 26.2 Å². The monoisotopic (exact) mass is 483 g/mol. The summed E-state index contributed by atoms with van der Waals surface area (Å²) in [5.41, 5.74) is -0.876. The van der Waals surface area contributed by atoms with Crippen molar-refractivity contribution in [3.63, 3.8) is 0 Å². The number of hydrogen-bond donors (Lipinski definition) is 4. The number of aromatic nitrogens is 3. The summed E-state index contributed by atoms with van der Waals surface area (Å²) in [7, 11) is 0. The number of imidazole rings is 1. The molecule has 0 saturated carbocycles. The van der Waals surface area contributed by atoms with Gasteiger partial charge in [0.25, 0.3) is 6.01 Å². The third-order valence-electron chi connectivity index (χ3n) is 5.58. The molecule has 4 rings (SSSR count). The van der Waals surface area contributed by atoms with Crippen molar-refractivity contribution < 1.29 is 33.6 Å². The van der Waals surface area contributed by atoms with Crippen molar-refractivity contribution in [1.29, 1.82) is 0 Å². The highest BCUT2D eigenvalue weighted by molar-refractivity contribution is 6.33. The lowest BCUT2D eigenvalue weighted by atomic mass is 9.92. The lowest BCUT2D eigenvalue weighted by Crippen LogP contribution is -2.45. The summed E-state index contributed by atoms with van der Waals surface area (Å²) >= 11 is 6.38. The predicted molar refractivity (Wildman–Crippen MR) is 116 cm³/mol. The van der Waals surface area contributed by atoms with E-state index in [0.29, 0.717) is 22.4 Å². The molecular weight excluding hydrogens is 460 g/mol. The van der Waals surface area contributed by atoms with Crippen LogP contribution in [0.1, 0.15) is 25.8 Å². The number of nitrogens with one attached hydrogen (secondary N) is 1. The van der Waals surface area contributed by atoms with E-state index >= 15 is 0 Å². The second kappa shape index (κ2) is 8.77. The van der Waals surface area contributed by atoms with Gasteiger partial charge in [0, 0.05) is 17.5 Å². The van der Waals surface area contributed by atoms with E-state index in [9.17, 15) is 19.0 Å². The molecule has 8 nitrogen and oxygen atoms in total. The number of aliphatic hydroxyl groups excluding tert-OH is 2. The molecule has 1 aliphatic rings. The number of aromatic amines is 1. The molecule has 0 spiro atoms. The first kappa shape index (κ1) is 23.8. The van der Waals surface area contributed by atoms with Crippen molar-refractivity contribution >= 4 is 22.8 Å². The van der Waals surface area contributed by atoms with Crippen LogP contribution in [0.5, 0.6) is 6.01 Å². The van der Waals surface area contributed by atoms with Gasteiger partial charge in [-0.05, 0) is 19.9 Å². The Morgan fingerprint density at radius 3 is 2.55 bits per heavy atom. The van der Waals surface area contributed by atoms with Gasteiger partial charge in [-0.1, -0.05) is 35.9 Å². The van der Waals surface area contributed by atoms with E-state index in [1.54, 1.807) is 6.07 Å². The Labute approximate surface area is 193 Å². The van der Waals surface area contributed by atoms with E-state index < -0.39 is 29.8 Å². The summed E-state index contributed by atoms with van der Waals surface area (Å²) in [6, 6.07) is 7.13. The summed E-state index contributed by atoms with van der Waals surface area (Å²) in [6.45, 7) is 2.01. The van der Waals surface area contributed by atoms with Crippen molar-refractivity contribution in [1.82, 2.24) is 15.0 Å². The quantitative estimate of drug-likeness (QED) is 0.425. The van der Waals surface area contributed by atoms with Gasteiger partial charge in [0.05, 0.1) is 35.6 Å². The van der Waals surface area contributed by atoms with Crippen molar-refractivity contribution in [2.75, 3.05) is 13.2 Å². The minimum Gasteiger partial charge on any atom is -0.459 e. The Morgan fingerprint density at radius 1 is 1.24 bits per heavy atom. The van der Waals surface area contributed by atoms with Gasteiger partial charge in [-0.25, -0.2) is 4.98 Å². The third-order valence-corrected chi connectivity index (χ3v) is 5.87. The number of H-pyrrole nitrogens is 1. The summed E-state index contributed by atoms with van der Waals surface area (Å²) in [4.78, 5) is 11.7. The van der Waals surface area contributed by atoms with Crippen LogP contribution in [0.15, 0.2) is 30.3 Å². The maximum atomic E-state index is 14.4. The lowest BCUT2D eigenvalue weighted by Gasteiger charge is -2.31. The molecule has 0 bridgehead atoms. The molecule has 3 heterocycles. The van der Waals surface area contributed by atoms with E-state index in [1.807, 2.05) is 0 Å². The number of hydrogen-bond acceptors (Lipinski definition) is 7. The summed E-state index contributed by atoms with van der Waals surface area (Å²) < 4.78 is 39.9. The molecule has 0 aliphatic carbocycles. The average molecular weight is 484 g/mol. The molecule has 2 aromatic heterocycles. The minimum atomic E-state index is -3.44. The second-order valence-electron chi connectivity index (χ2n) is 8.54. The normalized spacial score (nSPS) is 22.0. The fraction of sp³-hybridized carbons (Fsp3) is 0.455. The molecule has 1 aromatic carbocycles. The second-order valence-corrected chi connectivity index (χ2v) is 8.95. The molecular formula is C22H24ClF2N3O5. The minimum absolute atomic E-state index is 0.161. The van der Waals surface area contributed by atoms with Gasteiger partial charge in [0.2, 0.25) is 0 Å². The number of rotatable bonds is 6. The van der Waals surface area contributed by atoms with Crippen LogP contribution >= 0.6 is 11.6 Å². The first-order chi connectivity index (χ1) is 15.5. The standard InChI is InChI=1S/C22H24ClF2N3O5/c1-21(2,31)22(24,25)12-5-3-11(4-6-12)18-14(23)8-15-19(27-18)28-20(26-15)33-13-7-16(30)17(9-29)32-10-13/h3-6,8,13,16-17,29-31H,7,9-10H2,1-2H3,(H,26,27,28)/t13-,16+,17?/m1/s1. The van der Waals surface area contributed by atoms with Crippen LogP contribution in [0, 0.1) is 0 Å². The van der Waals surface area contributed by atoms with Crippen LogP contribution in [0.2, 0.25) is 5.02 Å².